The molecule has 88 valence electrons. The molecule has 0 radical (unpaired) electrons. The van der Waals surface area contributed by atoms with Gasteiger partial charge in [-0.05, 0) is 48.0 Å². The summed E-state index contributed by atoms with van der Waals surface area (Å²) in [5.74, 6) is -0.792. The topological polar surface area (TPSA) is 55.1 Å². The van der Waals surface area contributed by atoms with E-state index in [1.807, 2.05) is 0 Å². The number of rotatable bonds is 3. The molecule has 0 aliphatic heterocycles. The molecule has 3 N–H and O–H groups in total. The molecule has 16 heavy (non-hydrogen) atoms. The maximum absolute atomic E-state index is 13.2. The molecule has 5 heteroatoms. The van der Waals surface area contributed by atoms with E-state index < -0.39 is 11.4 Å². The first-order valence-corrected chi connectivity index (χ1v) is 5.62. The van der Waals surface area contributed by atoms with Gasteiger partial charge in [0.25, 0.3) is 5.91 Å². The summed E-state index contributed by atoms with van der Waals surface area (Å²) in [6, 6.07) is 4.24. The molecule has 0 aromatic heterocycles. The molecule has 0 heterocycles. The third-order valence-electron chi connectivity index (χ3n) is 2.14. The Morgan fingerprint density at radius 3 is 2.69 bits per heavy atom. The summed E-state index contributed by atoms with van der Waals surface area (Å²) in [6.45, 7) is 3.93. The van der Waals surface area contributed by atoms with Gasteiger partial charge in [-0.1, -0.05) is 0 Å². The monoisotopic (exact) mass is 288 g/mol. The molecule has 0 saturated carbocycles. The maximum atomic E-state index is 13.2. The van der Waals surface area contributed by atoms with E-state index in [1.54, 1.807) is 19.9 Å². The highest BCUT2D eigenvalue weighted by atomic mass is 79.9. The van der Waals surface area contributed by atoms with Crippen molar-refractivity contribution >= 4 is 21.8 Å². The number of hydrogen-bond donors (Lipinski definition) is 2. The second-order valence-corrected chi connectivity index (χ2v) is 5.03. The Morgan fingerprint density at radius 2 is 2.19 bits per heavy atom. The molecule has 1 aromatic carbocycles. The van der Waals surface area contributed by atoms with Crippen molar-refractivity contribution in [3.63, 3.8) is 0 Å². The molecule has 0 fully saturated rings. The molecule has 1 rings (SSSR count). The highest BCUT2D eigenvalue weighted by Crippen LogP contribution is 2.16. The van der Waals surface area contributed by atoms with Crippen LogP contribution in [0.1, 0.15) is 24.2 Å². The van der Waals surface area contributed by atoms with Gasteiger partial charge in [0, 0.05) is 17.6 Å². The molecule has 0 saturated heterocycles. The molecular formula is C11H14BrFN2O. The fourth-order valence-corrected chi connectivity index (χ4v) is 1.31. The molecule has 3 nitrogen and oxygen atoms in total. The second kappa shape index (κ2) is 4.93. The number of benzene rings is 1. The predicted octanol–water partition coefficient (Wildman–Crippen LogP) is 2.06. The quantitative estimate of drug-likeness (QED) is 0.895. The van der Waals surface area contributed by atoms with Gasteiger partial charge in [0.05, 0.1) is 4.47 Å². The van der Waals surface area contributed by atoms with Gasteiger partial charge in [0.1, 0.15) is 5.82 Å². The summed E-state index contributed by atoms with van der Waals surface area (Å²) < 4.78 is 13.5. The van der Waals surface area contributed by atoms with E-state index in [2.05, 4.69) is 21.2 Å². The van der Waals surface area contributed by atoms with Crippen molar-refractivity contribution < 1.29 is 9.18 Å². The van der Waals surface area contributed by atoms with Gasteiger partial charge in [0.2, 0.25) is 0 Å². The molecule has 0 aliphatic carbocycles. The average Bonchev–Trinajstić information content (AvgIpc) is 2.21. The zero-order valence-corrected chi connectivity index (χ0v) is 10.8. The molecule has 0 unspecified atom stereocenters. The summed E-state index contributed by atoms with van der Waals surface area (Å²) in [5.41, 5.74) is 5.27. The van der Waals surface area contributed by atoms with Gasteiger partial charge in [-0.3, -0.25) is 4.79 Å². The normalized spacial score (nSPS) is 11.3. The number of amides is 1. The predicted molar refractivity (Wildman–Crippen MR) is 64.7 cm³/mol. The van der Waals surface area contributed by atoms with Crippen molar-refractivity contribution in [1.82, 2.24) is 5.32 Å². The minimum atomic E-state index is -0.499. The summed E-state index contributed by atoms with van der Waals surface area (Å²) in [6.07, 6.45) is 0. The van der Waals surface area contributed by atoms with Gasteiger partial charge in [-0.25, -0.2) is 4.39 Å². The number of carbonyl (C=O) groups excluding carboxylic acids is 1. The van der Waals surface area contributed by atoms with Crippen molar-refractivity contribution in [2.75, 3.05) is 6.54 Å². The van der Waals surface area contributed by atoms with E-state index in [-0.39, 0.29) is 11.5 Å². The summed E-state index contributed by atoms with van der Waals surface area (Å²) >= 11 is 3.03. The van der Waals surface area contributed by atoms with E-state index in [9.17, 15) is 9.18 Å². The van der Waals surface area contributed by atoms with E-state index in [4.69, 9.17) is 5.73 Å². The Kier molecular flexibility index (Phi) is 4.04. The van der Waals surface area contributed by atoms with Crippen molar-refractivity contribution in [3.05, 3.63) is 34.1 Å². The molecular weight excluding hydrogens is 275 g/mol. The SMILES string of the molecule is CC(C)(CN)NC(=O)c1ccc(Br)c(F)c1. The Bertz CT molecular complexity index is 407. The van der Waals surface area contributed by atoms with E-state index in [0.29, 0.717) is 11.0 Å². The van der Waals surface area contributed by atoms with Crippen LogP contribution in [0.3, 0.4) is 0 Å². The number of hydrogen-bond acceptors (Lipinski definition) is 2. The highest BCUT2D eigenvalue weighted by molar-refractivity contribution is 9.10. The Labute approximate surface area is 102 Å². The van der Waals surface area contributed by atoms with Crippen molar-refractivity contribution in [1.29, 1.82) is 0 Å². The number of nitrogens with two attached hydrogens (primary N) is 1. The van der Waals surface area contributed by atoms with Crippen LogP contribution < -0.4 is 11.1 Å². The maximum Gasteiger partial charge on any atom is 0.251 e. The summed E-state index contributed by atoms with van der Waals surface area (Å²) in [7, 11) is 0. The number of nitrogens with one attached hydrogen (secondary N) is 1. The van der Waals surface area contributed by atoms with Gasteiger partial charge < -0.3 is 11.1 Å². The van der Waals surface area contributed by atoms with Crippen LogP contribution in [-0.4, -0.2) is 18.0 Å². The fraction of sp³-hybridized carbons (Fsp3) is 0.364. The molecule has 1 aromatic rings. The lowest BCUT2D eigenvalue weighted by Crippen LogP contribution is -2.48. The van der Waals surface area contributed by atoms with E-state index in [1.165, 1.54) is 12.1 Å². The third kappa shape index (κ3) is 3.28. The highest BCUT2D eigenvalue weighted by Gasteiger charge is 2.19. The van der Waals surface area contributed by atoms with Gasteiger partial charge >= 0.3 is 0 Å². The number of halogens is 2. The molecule has 0 aliphatic rings. The fourth-order valence-electron chi connectivity index (χ4n) is 1.07. The van der Waals surface area contributed by atoms with Gasteiger partial charge in [0.15, 0.2) is 0 Å². The van der Waals surface area contributed by atoms with Crippen LogP contribution in [0, 0.1) is 5.82 Å². The van der Waals surface area contributed by atoms with Crippen molar-refractivity contribution in [3.8, 4) is 0 Å². The van der Waals surface area contributed by atoms with Gasteiger partial charge in [-0.15, -0.1) is 0 Å². The Morgan fingerprint density at radius 1 is 1.56 bits per heavy atom. The summed E-state index contributed by atoms with van der Waals surface area (Å²) in [5, 5.41) is 2.72. The van der Waals surface area contributed by atoms with Crippen molar-refractivity contribution in [2.45, 2.75) is 19.4 Å². The minimum Gasteiger partial charge on any atom is -0.346 e. The lowest BCUT2D eigenvalue weighted by Gasteiger charge is -2.24. The lowest BCUT2D eigenvalue weighted by molar-refractivity contribution is 0.0915. The smallest absolute Gasteiger partial charge is 0.251 e. The van der Waals surface area contributed by atoms with Crippen LogP contribution in [0.4, 0.5) is 4.39 Å². The summed E-state index contributed by atoms with van der Waals surface area (Å²) in [4.78, 5) is 11.7. The largest absolute Gasteiger partial charge is 0.346 e. The molecule has 0 bridgehead atoms. The minimum absolute atomic E-state index is 0.280. The van der Waals surface area contributed by atoms with Crippen LogP contribution in [0.25, 0.3) is 0 Å². The average molecular weight is 289 g/mol. The molecule has 1 amide bonds. The first-order chi connectivity index (χ1) is 7.35. The molecule has 0 spiro atoms. The van der Waals surface area contributed by atoms with Crippen LogP contribution in [-0.2, 0) is 0 Å². The number of carbonyl (C=O) groups is 1. The van der Waals surface area contributed by atoms with E-state index in [0.717, 1.165) is 0 Å². The zero-order valence-electron chi connectivity index (χ0n) is 9.18. The Balaban J connectivity index is 2.85. The Hall–Kier alpha value is -0.940. The second-order valence-electron chi connectivity index (χ2n) is 4.17. The van der Waals surface area contributed by atoms with Gasteiger partial charge in [-0.2, -0.15) is 0 Å². The van der Waals surface area contributed by atoms with Crippen LogP contribution in [0.15, 0.2) is 22.7 Å². The van der Waals surface area contributed by atoms with Crippen LogP contribution in [0.2, 0.25) is 0 Å². The third-order valence-corrected chi connectivity index (χ3v) is 2.79. The first kappa shape index (κ1) is 13.1. The van der Waals surface area contributed by atoms with E-state index >= 15 is 0 Å². The van der Waals surface area contributed by atoms with Crippen molar-refractivity contribution in [2.24, 2.45) is 5.73 Å². The first-order valence-electron chi connectivity index (χ1n) is 4.83. The van der Waals surface area contributed by atoms with Crippen LogP contribution in [0.5, 0.6) is 0 Å². The zero-order chi connectivity index (χ0) is 12.3. The lowest BCUT2D eigenvalue weighted by atomic mass is 10.1. The van der Waals surface area contributed by atoms with Crippen LogP contribution >= 0.6 is 15.9 Å². The standard InChI is InChI=1S/C11H14BrFN2O/c1-11(2,6-14)15-10(16)7-3-4-8(12)9(13)5-7/h3-5H,6,14H2,1-2H3,(H,15,16). The molecule has 0 atom stereocenters.